The van der Waals surface area contributed by atoms with Gasteiger partial charge in [-0.05, 0) is 50.6 Å². The number of methoxy groups -OCH3 is 1. The monoisotopic (exact) mass is 380 g/mol. The lowest BCUT2D eigenvalue weighted by Crippen LogP contribution is -2.05. The molecule has 0 amide bonds. The van der Waals surface area contributed by atoms with Crippen LogP contribution in [0.1, 0.15) is 29.9 Å². The van der Waals surface area contributed by atoms with Gasteiger partial charge in [-0.1, -0.05) is 18.2 Å². The highest BCUT2D eigenvalue weighted by molar-refractivity contribution is 5.89. The minimum Gasteiger partial charge on any atom is -0.494 e. The lowest BCUT2D eigenvalue weighted by atomic mass is 10.1. The van der Waals surface area contributed by atoms with Crippen molar-refractivity contribution >= 4 is 5.97 Å². The quantitative estimate of drug-likeness (QED) is 0.567. The van der Waals surface area contributed by atoms with Gasteiger partial charge < -0.3 is 14.2 Å². The van der Waals surface area contributed by atoms with Gasteiger partial charge in [0.15, 0.2) is 5.69 Å². The summed E-state index contributed by atoms with van der Waals surface area (Å²) in [6, 6.07) is 15.3. The van der Waals surface area contributed by atoms with Crippen molar-refractivity contribution in [3.05, 3.63) is 59.8 Å². The van der Waals surface area contributed by atoms with E-state index in [1.807, 2.05) is 63.2 Å². The summed E-state index contributed by atoms with van der Waals surface area (Å²) in [5.74, 6) is 0.904. The zero-order valence-electron chi connectivity index (χ0n) is 16.6. The second-order valence-electron chi connectivity index (χ2n) is 6.16. The van der Waals surface area contributed by atoms with Crippen LogP contribution in [0.25, 0.3) is 16.9 Å². The van der Waals surface area contributed by atoms with Crippen LogP contribution in [0.5, 0.6) is 11.5 Å². The Morgan fingerprint density at radius 2 is 1.64 bits per heavy atom. The third-order valence-electron chi connectivity index (χ3n) is 4.25. The molecule has 0 aliphatic rings. The molecule has 1 aromatic heterocycles. The molecule has 0 fully saturated rings. The molecule has 6 nitrogen and oxygen atoms in total. The van der Waals surface area contributed by atoms with Gasteiger partial charge in [-0.15, -0.1) is 0 Å². The van der Waals surface area contributed by atoms with Crippen molar-refractivity contribution in [1.29, 1.82) is 0 Å². The fourth-order valence-corrected chi connectivity index (χ4v) is 3.00. The Hall–Kier alpha value is -3.28. The summed E-state index contributed by atoms with van der Waals surface area (Å²) in [5, 5.41) is 4.50. The molecule has 0 bridgehead atoms. The Labute approximate surface area is 164 Å². The highest BCUT2D eigenvalue weighted by Crippen LogP contribution is 2.32. The molecule has 0 radical (unpaired) electrons. The Balaban J connectivity index is 2.21. The third kappa shape index (κ3) is 4.01. The predicted octanol–water partition coefficient (Wildman–Crippen LogP) is 4.43. The molecule has 1 heterocycles. The van der Waals surface area contributed by atoms with Crippen LogP contribution in [-0.2, 0) is 4.74 Å². The van der Waals surface area contributed by atoms with Crippen LogP contribution in [0.2, 0.25) is 0 Å². The molecule has 0 aliphatic heterocycles. The third-order valence-corrected chi connectivity index (χ3v) is 4.25. The van der Waals surface area contributed by atoms with Gasteiger partial charge >= 0.3 is 5.97 Å². The smallest absolute Gasteiger partial charge is 0.358 e. The van der Waals surface area contributed by atoms with E-state index >= 15 is 0 Å². The second-order valence-corrected chi connectivity index (χ2v) is 6.16. The fourth-order valence-electron chi connectivity index (χ4n) is 3.00. The van der Waals surface area contributed by atoms with Crippen molar-refractivity contribution in [1.82, 2.24) is 9.78 Å². The first kappa shape index (κ1) is 19.5. The van der Waals surface area contributed by atoms with E-state index in [9.17, 15) is 4.79 Å². The molecular weight excluding hydrogens is 356 g/mol. The standard InChI is InChI=1S/C22H24N2O4/c1-5-27-17-11-16(12-18(13-17)28-6-2)21-14-19(22(25)26-4)23-24(21)20-10-8-7-9-15(20)3/h7-14H,5-6H2,1-4H3. The minimum atomic E-state index is -0.487. The van der Waals surface area contributed by atoms with Gasteiger partial charge in [0.05, 0.1) is 31.7 Å². The number of aromatic nitrogens is 2. The van der Waals surface area contributed by atoms with Gasteiger partial charge in [-0.3, -0.25) is 0 Å². The molecule has 0 spiro atoms. The van der Waals surface area contributed by atoms with Crippen molar-refractivity contribution in [2.24, 2.45) is 0 Å². The summed E-state index contributed by atoms with van der Waals surface area (Å²) in [6.45, 7) is 6.94. The topological polar surface area (TPSA) is 62.6 Å². The van der Waals surface area contributed by atoms with Gasteiger partial charge in [0.2, 0.25) is 0 Å². The number of rotatable bonds is 7. The highest BCUT2D eigenvalue weighted by atomic mass is 16.5. The highest BCUT2D eigenvalue weighted by Gasteiger charge is 2.19. The number of carbonyl (C=O) groups excluding carboxylic acids is 1. The molecule has 146 valence electrons. The lowest BCUT2D eigenvalue weighted by Gasteiger charge is -2.13. The molecular formula is C22H24N2O4. The summed E-state index contributed by atoms with van der Waals surface area (Å²) in [6.07, 6.45) is 0. The minimum absolute atomic E-state index is 0.237. The summed E-state index contributed by atoms with van der Waals surface area (Å²) in [5.41, 5.74) is 3.74. The molecule has 0 aliphatic carbocycles. The predicted molar refractivity (Wildman–Crippen MR) is 107 cm³/mol. The molecule has 3 rings (SSSR count). The van der Waals surface area contributed by atoms with Crippen molar-refractivity contribution in [3.8, 4) is 28.4 Å². The maximum absolute atomic E-state index is 12.1. The number of para-hydroxylation sites is 1. The first-order valence-corrected chi connectivity index (χ1v) is 9.22. The number of hydrogen-bond donors (Lipinski definition) is 0. The van der Waals surface area contributed by atoms with Crippen molar-refractivity contribution in [2.75, 3.05) is 20.3 Å². The van der Waals surface area contributed by atoms with E-state index in [2.05, 4.69) is 5.10 Å². The SMILES string of the molecule is CCOc1cc(OCC)cc(-c2cc(C(=O)OC)nn2-c2ccccc2C)c1. The largest absolute Gasteiger partial charge is 0.494 e. The second kappa shape index (κ2) is 8.61. The van der Waals surface area contributed by atoms with Crippen LogP contribution < -0.4 is 9.47 Å². The van der Waals surface area contributed by atoms with Gasteiger partial charge in [-0.2, -0.15) is 5.10 Å². The normalized spacial score (nSPS) is 10.6. The van der Waals surface area contributed by atoms with Gasteiger partial charge in [-0.25, -0.2) is 9.48 Å². The lowest BCUT2D eigenvalue weighted by molar-refractivity contribution is 0.0593. The number of esters is 1. The number of hydrogen-bond acceptors (Lipinski definition) is 5. The molecule has 28 heavy (non-hydrogen) atoms. The number of ether oxygens (including phenoxy) is 3. The van der Waals surface area contributed by atoms with Crippen LogP contribution >= 0.6 is 0 Å². The Morgan fingerprint density at radius 1 is 1.00 bits per heavy atom. The molecule has 0 unspecified atom stereocenters. The molecule has 0 atom stereocenters. The Bertz CT molecular complexity index is 954. The molecule has 0 saturated heterocycles. The van der Waals surface area contributed by atoms with Crippen LogP contribution in [0, 0.1) is 6.92 Å². The first-order valence-electron chi connectivity index (χ1n) is 9.22. The van der Waals surface area contributed by atoms with Gasteiger partial charge in [0, 0.05) is 11.6 Å². The van der Waals surface area contributed by atoms with Crippen molar-refractivity contribution in [3.63, 3.8) is 0 Å². The van der Waals surface area contributed by atoms with Gasteiger partial charge in [0.25, 0.3) is 0 Å². The van der Waals surface area contributed by atoms with E-state index in [0.29, 0.717) is 24.7 Å². The number of aryl methyl sites for hydroxylation is 1. The summed E-state index contributed by atoms with van der Waals surface area (Å²) < 4.78 is 18.0. The summed E-state index contributed by atoms with van der Waals surface area (Å²) in [7, 11) is 1.34. The zero-order chi connectivity index (χ0) is 20.1. The summed E-state index contributed by atoms with van der Waals surface area (Å²) in [4.78, 5) is 12.1. The van der Waals surface area contributed by atoms with Crippen LogP contribution in [-0.4, -0.2) is 36.1 Å². The van der Waals surface area contributed by atoms with E-state index in [1.165, 1.54) is 7.11 Å². The summed E-state index contributed by atoms with van der Waals surface area (Å²) >= 11 is 0. The zero-order valence-corrected chi connectivity index (χ0v) is 16.6. The maximum Gasteiger partial charge on any atom is 0.358 e. The van der Waals surface area contributed by atoms with E-state index in [0.717, 1.165) is 22.5 Å². The van der Waals surface area contributed by atoms with Crippen molar-refractivity contribution in [2.45, 2.75) is 20.8 Å². The van der Waals surface area contributed by atoms with E-state index in [4.69, 9.17) is 14.2 Å². The molecule has 0 N–H and O–H groups in total. The van der Waals surface area contributed by atoms with Crippen LogP contribution in [0.3, 0.4) is 0 Å². The Morgan fingerprint density at radius 3 is 2.21 bits per heavy atom. The number of benzene rings is 2. The van der Waals surface area contributed by atoms with E-state index in [-0.39, 0.29) is 5.69 Å². The van der Waals surface area contributed by atoms with Crippen LogP contribution in [0.15, 0.2) is 48.5 Å². The number of nitrogens with zero attached hydrogens (tertiary/aromatic N) is 2. The van der Waals surface area contributed by atoms with Gasteiger partial charge in [0.1, 0.15) is 11.5 Å². The molecule has 0 saturated carbocycles. The average molecular weight is 380 g/mol. The number of carbonyl (C=O) groups is 1. The van der Waals surface area contributed by atoms with Crippen LogP contribution in [0.4, 0.5) is 0 Å². The Kier molecular flexibility index (Phi) is 5.99. The maximum atomic E-state index is 12.1. The van der Waals surface area contributed by atoms with Crippen molar-refractivity contribution < 1.29 is 19.0 Å². The van der Waals surface area contributed by atoms with E-state index < -0.39 is 5.97 Å². The molecule has 6 heteroatoms. The molecule has 3 aromatic rings. The fraction of sp³-hybridized carbons (Fsp3) is 0.273. The first-order chi connectivity index (χ1) is 13.6. The van der Waals surface area contributed by atoms with E-state index in [1.54, 1.807) is 10.7 Å². The average Bonchev–Trinajstić information content (AvgIpc) is 3.13. The molecule has 2 aromatic carbocycles.